The summed E-state index contributed by atoms with van der Waals surface area (Å²) in [6.07, 6.45) is 10.8. The third-order valence-corrected chi connectivity index (χ3v) is 14.7. The number of phenolic OH excluding ortho intramolecular Hbond substituents is 3. The average Bonchev–Trinajstić information content (AvgIpc) is 3.50. The number of aliphatic hydroxyl groups is 2. The highest BCUT2D eigenvalue weighted by atomic mass is 16.7. The van der Waals surface area contributed by atoms with E-state index in [-0.39, 0.29) is 50.5 Å². The lowest BCUT2D eigenvalue weighted by Crippen LogP contribution is -2.53. The number of Topliss-reactive ketones (excluding diaryl/α,β-unsaturated/α-hetero) is 1. The number of rotatable bonds is 5. The molecule has 63 heavy (non-hydrogen) atoms. The van der Waals surface area contributed by atoms with Gasteiger partial charge in [0.25, 0.3) is 11.7 Å². The van der Waals surface area contributed by atoms with Gasteiger partial charge in [-0.15, -0.1) is 0 Å². The Morgan fingerprint density at radius 2 is 1.56 bits per heavy atom. The van der Waals surface area contributed by atoms with Crippen LogP contribution in [0, 0.1) is 54.3 Å². The van der Waals surface area contributed by atoms with E-state index in [1.165, 1.54) is 58.9 Å². The molecule has 7 N–H and O–H groups in total. The largest absolute Gasteiger partial charge is 0.507 e. The molecule has 4 fully saturated rings. The van der Waals surface area contributed by atoms with Crippen LogP contribution in [0.3, 0.4) is 0 Å². The van der Waals surface area contributed by atoms with Gasteiger partial charge in [-0.05, 0) is 75.7 Å². The van der Waals surface area contributed by atoms with Crippen LogP contribution >= 0.6 is 0 Å². The number of ketones is 1. The van der Waals surface area contributed by atoms with Gasteiger partial charge in [0.2, 0.25) is 0 Å². The fourth-order valence-electron chi connectivity index (χ4n) is 11.2. The molecule has 0 saturated heterocycles. The average molecular weight is 874 g/mol. The highest BCUT2D eigenvalue weighted by Crippen LogP contribution is 2.56. The van der Waals surface area contributed by atoms with Crippen molar-refractivity contribution in [2.45, 2.75) is 124 Å². The first kappa shape index (κ1) is 45.9. The number of aliphatic hydroxyl groups excluding tert-OH is 2. The monoisotopic (exact) mass is 873 g/mol. The Morgan fingerprint density at radius 1 is 0.905 bits per heavy atom. The van der Waals surface area contributed by atoms with Crippen molar-refractivity contribution in [2.24, 2.45) is 52.4 Å². The smallest absolute Gasteiger partial charge is 0.312 e. The summed E-state index contributed by atoms with van der Waals surface area (Å²) in [6, 6.07) is 0.120. The minimum absolute atomic E-state index is 0.0662. The fraction of sp³-hybridized carbons (Fsp3) is 0.583. The van der Waals surface area contributed by atoms with Crippen molar-refractivity contribution in [1.82, 2.24) is 5.43 Å². The number of hydrogen-bond donors (Lipinski definition) is 7. The van der Waals surface area contributed by atoms with Gasteiger partial charge in [-0.25, -0.2) is 0 Å². The third kappa shape index (κ3) is 8.39. The molecular weight excluding hydrogens is 811 g/mol. The second-order valence-electron chi connectivity index (χ2n) is 19.0. The number of ether oxygens (including phenoxy) is 4. The Balaban J connectivity index is 1.34. The first-order valence-electron chi connectivity index (χ1n) is 22.1. The molecule has 2 aromatic rings. The number of carbonyl (C=O) groups is 3. The van der Waals surface area contributed by atoms with Gasteiger partial charge >= 0.3 is 11.8 Å². The Bertz CT molecular complexity index is 2240. The predicted molar refractivity (Wildman–Crippen MR) is 235 cm³/mol. The summed E-state index contributed by atoms with van der Waals surface area (Å²) < 4.78 is 23.7. The molecule has 0 radical (unpaired) electrons. The number of fused-ring (bicyclic) bond motifs is 14. The van der Waals surface area contributed by atoms with Crippen LogP contribution in [0.4, 0.5) is 5.69 Å². The summed E-state index contributed by atoms with van der Waals surface area (Å²) in [6.45, 7) is 12.6. The number of aromatic hydroxyl groups is 3. The first-order chi connectivity index (χ1) is 29.8. The maximum atomic E-state index is 14.6. The number of allylic oxidation sites excluding steroid dienone is 2. The van der Waals surface area contributed by atoms with Crippen LogP contribution in [-0.4, -0.2) is 92.8 Å². The van der Waals surface area contributed by atoms with Crippen LogP contribution in [-0.2, 0) is 23.8 Å². The lowest BCUT2D eigenvalue weighted by molar-refractivity contribution is -0.160. The number of methoxy groups -OCH3 is 1. The van der Waals surface area contributed by atoms with Gasteiger partial charge in [-0.3, -0.25) is 14.4 Å². The Morgan fingerprint density at radius 3 is 2.17 bits per heavy atom. The maximum Gasteiger partial charge on any atom is 0.312 e. The van der Waals surface area contributed by atoms with Crippen molar-refractivity contribution in [1.29, 1.82) is 0 Å². The highest BCUT2D eigenvalue weighted by Gasteiger charge is 2.51. The van der Waals surface area contributed by atoms with Crippen LogP contribution < -0.4 is 15.5 Å². The van der Waals surface area contributed by atoms with Gasteiger partial charge in [0.05, 0.1) is 53.0 Å². The molecule has 3 heterocycles. The summed E-state index contributed by atoms with van der Waals surface area (Å²) in [4.78, 5) is 40.8. The molecule has 9 bridgehead atoms. The summed E-state index contributed by atoms with van der Waals surface area (Å²) >= 11 is 0. The molecule has 1 amide bonds. The van der Waals surface area contributed by atoms with Gasteiger partial charge < -0.3 is 55.2 Å². The molecule has 15 nitrogen and oxygen atoms in total. The van der Waals surface area contributed by atoms with Crippen molar-refractivity contribution in [2.75, 3.05) is 12.4 Å². The van der Waals surface area contributed by atoms with Gasteiger partial charge in [-0.2, -0.15) is 5.10 Å². The molecule has 15 heteroatoms. The van der Waals surface area contributed by atoms with E-state index in [2.05, 4.69) is 15.8 Å². The van der Waals surface area contributed by atoms with Crippen molar-refractivity contribution in [3.05, 3.63) is 52.8 Å². The molecule has 0 aromatic heterocycles. The summed E-state index contributed by atoms with van der Waals surface area (Å²) in [7, 11) is 1.45. The minimum Gasteiger partial charge on any atom is -0.507 e. The van der Waals surface area contributed by atoms with Crippen molar-refractivity contribution >= 4 is 40.3 Å². The van der Waals surface area contributed by atoms with E-state index in [0.29, 0.717) is 11.8 Å². The summed E-state index contributed by atoms with van der Waals surface area (Å²) in [5.74, 6) is -5.86. The van der Waals surface area contributed by atoms with E-state index in [0.717, 1.165) is 37.5 Å². The molecule has 3 aliphatic heterocycles. The second kappa shape index (κ2) is 17.8. The topological polar surface area (TPSA) is 226 Å². The molecule has 4 aliphatic carbocycles. The lowest BCUT2D eigenvalue weighted by atomic mass is 9.54. The first-order valence-corrected chi connectivity index (χ1v) is 22.1. The van der Waals surface area contributed by atoms with Gasteiger partial charge in [-0.1, -0.05) is 45.9 Å². The van der Waals surface area contributed by atoms with Crippen LogP contribution in [0.2, 0.25) is 0 Å². The van der Waals surface area contributed by atoms with Crippen molar-refractivity contribution in [3.8, 4) is 23.0 Å². The van der Waals surface area contributed by atoms with Crippen LogP contribution in [0.15, 0.2) is 41.2 Å². The number of carbonyl (C=O) groups excluding carboxylic acids is 3. The molecular formula is C48H63N3O12. The molecule has 7 aliphatic rings. The number of benzene rings is 2. The number of hydrogen-bond acceptors (Lipinski definition) is 14. The lowest BCUT2D eigenvalue weighted by Gasteiger charge is -2.54. The molecule has 2 aromatic carbocycles. The zero-order valence-electron chi connectivity index (χ0n) is 37.5. The standard InChI is InChI=1S/C48H63N3O12/c1-21-11-10-12-22(2)47(59)50-38-32(20-49-51-37-30-16-28-15-29(18-30)19-31(37)17-28)42(56)34-35(43(38)57)41(55)26(6)45-36(34)46(58)48(8,63-45)61-14-13-33(60-9)23(3)44(62-27(7)52)25(5)40(54)24(4)39(21)53/h10-14,20-21,23-25,28-31,33,37,39-40,44,51,53-57H,15-19H2,1-9H3,(H,50,59)/t21-,23+,24-,25-,28?,29?,30?,31?,33+,37?,39-,40-,44-,48-/m0/s1. The van der Waals surface area contributed by atoms with E-state index in [9.17, 15) is 39.9 Å². The number of phenols is 3. The molecule has 4 saturated carbocycles. The van der Waals surface area contributed by atoms with E-state index in [1.807, 2.05) is 0 Å². The number of anilines is 1. The Labute approximate surface area is 368 Å². The number of esters is 1. The SMILES string of the molecule is CO[C@@H]1C=CO[C@@]2(C)Oc3c(C)c(O)c4c(O)c(c(C=NNC5C6CC7CC(C6)CC5C7)c(O)c4c3C2=O)NC(=O)C(C)=CC=C[C@H](C)[C@H](O)[C@H](C)[C@H](O)[C@H](C)[C@@H](OC(C)=O)[C@@H]1C. The van der Waals surface area contributed by atoms with Crippen molar-refractivity contribution < 1.29 is 58.9 Å². The van der Waals surface area contributed by atoms with Gasteiger partial charge in [0.1, 0.15) is 23.4 Å². The maximum absolute atomic E-state index is 14.6. The van der Waals surface area contributed by atoms with E-state index in [1.54, 1.807) is 46.8 Å². The van der Waals surface area contributed by atoms with Gasteiger partial charge in [0, 0.05) is 67.2 Å². The Kier molecular flexibility index (Phi) is 13.0. The number of hydrazone groups is 1. The second-order valence-corrected chi connectivity index (χ2v) is 19.0. The van der Waals surface area contributed by atoms with Gasteiger partial charge in [0.15, 0.2) is 5.75 Å². The minimum atomic E-state index is -2.04. The van der Waals surface area contributed by atoms with E-state index < -0.39 is 88.8 Å². The highest BCUT2D eigenvalue weighted by molar-refractivity contribution is 6.23. The zero-order chi connectivity index (χ0) is 45.8. The summed E-state index contributed by atoms with van der Waals surface area (Å²) in [5, 5.41) is 65.7. The van der Waals surface area contributed by atoms with Crippen molar-refractivity contribution in [3.63, 3.8) is 0 Å². The normalized spacial score (nSPS) is 35.8. The quantitative estimate of drug-likeness (QED) is 0.0561. The summed E-state index contributed by atoms with van der Waals surface area (Å²) in [5.41, 5.74) is 3.05. The van der Waals surface area contributed by atoms with Crippen LogP contribution in [0.1, 0.15) is 102 Å². The van der Waals surface area contributed by atoms with E-state index in [4.69, 9.17) is 18.9 Å². The molecule has 0 spiro atoms. The van der Waals surface area contributed by atoms with Crippen LogP contribution in [0.5, 0.6) is 23.0 Å². The molecule has 0 unspecified atom stereocenters. The molecule has 9 atom stereocenters. The predicted octanol–water partition coefficient (Wildman–Crippen LogP) is 6.50. The number of nitrogens with one attached hydrogen (secondary N) is 2. The number of nitrogens with zero attached hydrogens (tertiary/aromatic N) is 1. The van der Waals surface area contributed by atoms with E-state index >= 15 is 0 Å². The third-order valence-electron chi connectivity index (χ3n) is 14.7. The fourth-order valence-corrected chi connectivity index (χ4v) is 11.2. The Hall–Kier alpha value is -5.12. The zero-order valence-corrected chi connectivity index (χ0v) is 37.5. The number of amides is 1. The molecule has 342 valence electrons. The molecule has 9 rings (SSSR count). The van der Waals surface area contributed by atoms with Crippen LogP contribution in [0.25, 0.3) is 10.8 Å².